The van der Waals surface area contributed by atoms with Crippen molar-refractivity contribution in [3.05, 3.63) is 107 Å². The third kappa shape index (κ3) is 4.71. The maximum absolute atomic E-state index is 12.4. The van der Waals surface area contributed by atoms with Gasteiger partial charge < -0.3 is 4.74 Å². The van der Waals surface area contributed by atoms with Gasteiger partial charge in [-0.1, -0.05) is 35.9 Å². The van der Waals surface area contributed by atoms with Crippen LogP contribution in [0.3, 0.4) is 0 Å². The van der Waals surface area contributed by atoms with Crippen molar-refractivity contribution in [2.24, 2.45) is 0 Å². The molecular formula is C23H16ClN5O2. The molecule has 0 aliphatic carbocycles. The van der Waals surface area contributed by atoms with Crippen LogP contribution in [0.15, 0.2) is 85.5 Å². The van der Waals surface area contributed by atoms with E-state index < -0.39 is 5.97 Å². The lowest BCUT2D eigenvalue weighted by molar-refractivity contribution is 0.0735. The van der Waals surface area contributed by atoms with Gasteiger partial charge in [0.15, 0.2) is 0 Å². The van der Waals surface area contributed by atoms with E-state index in [-0.39, 0.29) is 5.75 Å². The number of aromatic nitrogens is 3. The molecule has 7 nitrogen and oxygen atoms in total. The summed E-state index contributed by atoms with van der Waals surface area (Å²) in [6, 6.07) is 23.2. The zero-order valence-corrected chi connectivity index (χ0v) is 17.0. The minimum atomic E-state index is -0.484. The van der Waals surface area contributed by atoms with Gasteiger partial charge in [0, 0.05) is 0 Å². The Balaban J connectivity index is 1.61. The third-order valence-electron chi connectivity index (χ3n) is 4.52. The first kappa shape index (κ1) is 20.1. The maximum Gasteiger partial charge on any atom is 0.343 e. The average molecular weight is 430 g/mol. The van der Waals surface area contributed by atoms with Crippen molar-refractivity contribution in [2.45, 2.75) is 6.54 Å². The Hall–Kier alpha value is -4.15. The van der Waals surface area contributed by atoms with Crippen LogP contribution in [0.1, 0.15) is 21.5 Å². The summed E-state index contributed by atoms with van der Waals surface area (Å²) >= 11 is 6.27. The molecule has 152 valence electrons. The number of halogens is 1. The van der Waals surface area contributed by atoms with Gasteiger partial charge in [0.05, 0.1) is 34.5 Å². The van der Waals surface area contributed by atoms with Crippen molar-refractivity contribution in [2.75, 3.05) is 5.01 Å². The molecular weight excluding hydrogens is 414 g/mol. The summed E-state index contributed by atoms with van der Waals surface area (Å²) in [4.78, 5) is 12.4. The number of carbonyl (C=O) groups is 1. The van der Waals surface area contributed by atoms with Crippen LogP contribution in [0.5, 0.6) is 5.75 Å². The van der Waals surface area contributed by atoms with Crippen LogP contribution < -0.4 is 9.75 Å². The Labute approximate surface area is 183 Å². The standard InChI is InChI=1S/C23H16ClN5O2/c24-21-11-8-18(12-22(21)31-23(30)19-4-2-1-3-5-19)14-29(28-15-26-27-16-28)20-9-6-17(13-25)7-10-20/h1-12,15-16H,14H2. The largest absolute Gasteiger partial charge is 0.421 e. The number of benzene rings is 3. The fourth-order valence-electron chi connectivity index (χ4n) is 2.96. The topological polar surface area (TPSA) is 84.0 Å². The molecule has 1 aromatic heterocycles. The molecule has 0 saturated carbocycles. The molecule has 0 radical (unpaired) electrons. The van der Waals surface area contributed by atoms with E-state index in [4.69, 9.17) is 21.6 Å². The monoisotopic (exact) mass is 429 g/mol. The van der Waals surface area contributed by atoms with E-state index in [1.54, 1.807) is 65.9 Å². The highest BCUT2D eigenvalue weighted by atomic mass is 35.5. The summed E-state index contributed by atoms with van der Waals surface area (Å²) in [5, 5.41) is 19.1. The zero-order chi connectivity index (χ0) is 21.6. The third-order valence-corrected chi connectivity index (χ3v) is 4.83. The highest BCUT2D eigenvalue weighted by Gasteiger charge is 2.15. The van der Waals surface area contributed by atoms with E-state index in [1.807, 2.05) is 29.3 Å². The Morgan fingerprint density at radius 1 is 1.03 bits per heavy atom. The first-order chi connectivity index (χ1) is 15.1. The van der Waals surface area contributed by atoms with E-state index in [0.717, 1.165) is 11.3 Å². The number of nitrogens with zero attached hydrogens (tertiary/aromatic N) is 5. The fourth-order valence-corrected chi connectivity index (χ4v) is 3.12. The van der Waals surface area contributed by atoms with Gasteiger partial charge >= 0.3 is 5.97 Å². The predicted molar refractivity (Wildman–Crippen MR) is 116 cm³/mol. The van der Waals surface area contributed by atoms with Crippen LogP contribution in [0.2, 0.25) is 5.02 Å². The van der Waals surface area contributed by atoms with Gasteiger partial charge in [0.2, 0.25) is 0 Å². The van der Waals surface area contributed by atoms with Gasteiger partial charge in [-0.2, -0.15) is 5.26 Å². The lowest BCUT2D eigenvalue weighted by Crippen LogP contribution is -2.27. The normalized spacial score (nSPS) is 10.3. The molecule has 0 N–H and O–H groups in total. The number of esters is 1. The van der Waals surface area contributed by atoms with Crippen LogP contribution >= 0.6 is 11.6 Å². The smallest absolute Gasteiger partial charge is 0.343 e. The van der Waals surface area contributed by atoms with Gasteiger partial charge in [-0.15, -0.1) is 10.2 Å². The number of nitriles is 1. The molecule has 3 aromatic carbocycles. The minimum Gasteiger partial charge on any atom is -0.421 e. The molecule has 0 spiro atoms. The molecule has 0 atom stereocenters. The molecule has 0 saturated heterocycles. The second kappa shape index (κ2) is 9.11. The van der Waals surface area contributed by atoms with Crippen LogP contribution in [0, 0.1) is 11.3 Å². The maximum atomic E-state index is 12.4. The Kier molecular flexibility index (Phi) is 5.92. The molecule has 0 aliphatic rings. The van der Waals surface area contributed by atoms with Crippen molar-refractivity contribution in [3.63, 3.8) is 0 Å². The highest BCUT2D eigenvalue weighted by molar-refractivity contribution is 6.32. The Morgan fingerprint density at radius 2 is 1.74 bits per heavy atom. The van der Waals surface area contributed by atoms with E-state index >= 15 is 0 Å². The molecule has 0 unspecified atom stereocenters. The van der Waals surface area contributed by atoms with Crippen LogP contribution in [0.4, 0.5) is 5.69 Å². The van der Waals surface area contributed by atoms with Gasteiger partial charge in [-0.25, -0.2) is 9.47 Å². The zero-order valence-electron chi connectivity index (χ0n) is 16.2. The molecule has 31 heavy (non-hydrogen) atoms. The quantitative estimate of drug-likeness (QED) is 0.331. The van der Waals surface area contributed by atoms with E-state index in [9.17, 15) is 4.79 Å². The lowest BCUT2D eigenvalue weighted by Gasteiger charge is -2.25. The fraction of sp³-hybridized carbons (Fsp3) is 0.0435. The van der Waals surface area contributed by atoms with Crippen molar-refractivity contribution in [3.8, 4) is 11.8 Å². The van der Waals surface area contributed by atoms with Crippen molar-refractivity contribution in [1.82, 2.24) is 14.9 Å². The summed E-state index contributed by atoms with van der Waals surface area (Å²) in [7, 11) is 0. The minimum absolute atomic E-state index is 0.275. The molecule has 0 aliphatic heterocycles. The Morgan fingerprint density at radius 3 is 2.42 bits per heavy atom. The molecule has 1 heterocycles. The number of carbonyl (C=O) groups excluding carboxylic acids is 1. The molecule has 8 heteroatoms. The average Bonchev–Trinajstić information content (AvgIpc) is 3.35. The summed E-state index contributed by atoms with van der Waals surface area (Å²) < 4.78 is 7.25. The number of ether oxygens (including phenoxy) is 1. The molecule has 0 bridgehead atoms. The van der Waals surface area contributed by atoms with Crippen molar-refractivity contribution >= 4 is 23.3 Å². The second-order valence-electron chi connectivity index (χ2n) is 6.58. The van der Waals surface area contributed by atoms with Gasteiger partial charge in [0.25, 0.3) is 0 Å². The van der Waals surface area contributed by atoms with E-state index in [2.05, 4.69) is 16.3 Å². The molecule has 4 aromatic rings. The molecule has 4 rings (SSSR count). The van der Waals surface area contributed by atoms with E-state index in [0.29, 0.717) is 22.7 Å². The highest BCUT2D eigenvalue weighted by Crippen LogP contribution is 2.28. The summed E-state index contributed by atoms with van der Waals surface area (Å²) in [5.41, 5.74) is 2.68. The summed E-state index contributed by atoms with van der Waals surface area (Å²) in [5.74, 6) is -0.209. The number of anilines is 1. The van der Waals surface area contributed by atoms with Crippen LogP contribution in [-0.4, -0.2) is 20.8 Å². The second-order valence-corrected chi connectivity index (χ2v) is 6.99. The first-order valence-electron chi connectivity index (χ1n) is 9.32. The van der Waals surface area contributed by atoms with Crippen LogP contribution in [-0.2, 0) is 6.54 Å². The number of hydrogen-bond donors (Lipinski definition) is 0. The van der Waals surface area contributed by atoms with Crippen LogP contribution in [0.25, 0.3) is 0 Å². The first-order valence-corrected chi connectivity index (χ1v) is 9.70. The van der Waals surface area contributed by atoms with Gasteiger partial charge in [-0.05, 0) is 54.1 Å². The van der Waals surface area contributed by atoms with E-state index in [1.165, 1.54) is 0 Å². The lowest BCUT2D eigenvalue weighted by atomic mass is 10.1. The van der Waals surface area contributed by atoms with Crippen molar-refractivity contribution in [1.29, 1.82) is 5.26 Å². The Bertz CT molecular complexity index is 1220. The van der Waals surface area contributed by atoms with Gasteiger partial charge in [0.1, 0.15) is 18.4 Å². The summed E-state index contributed by atoms with van der Waals surface area (Å²) in [6.45, 7) is 0.414. The van der Waals surface area contributed by atoms with Crippen molar-refractivity contribution < 1.29 is 9.53 Å². The van der Waals surface area contributed by atoms with Gasteiger partial charge in [-0.3, -0.25) is 5.01 Å². The predicted octanol–water partition coefficient (Wildman–Crippen LogP) is 4.49. The number of rotatable bonds is 6. The number of hydrogen-bond acceptors (Lipinski definition) is 6. The molecule has 0 amide bonds. The summed E-state index contributed by atoms with van der Waals surface area (Å²) in [6.07, 6.45) is 3.15. The molecule has 0 fully saturated rings. The SMILES string of the molecule is N#Cc1ccc(N(Cc2ccc(Cl)c(OC(=O)c3ccccc3)c2)n2cnnc2)cc1.